The first-order valence-corrected chi connectivity index (χ1v) is 7.21. The Hall–Kier alpha value is -1.76. The van der Waals surface area contributed by atoms with E-state index in [9.17, 15) is 0 Å². The standard InChI is InChI=1S/C19H24O/c1-13-6-9-19(20-5)18(11-13)8-7-17-12-14(2)10-15(3)16(17)4/h6,9-12H,7-8H2,1-5H3. The zero-order valence-corrected chi connectivity index (χ0v) is 13.2. The molecule has 1 nitrogen and oxygen atoms in total. The first-order chi connectivity index (χ1) is 9.51. The highest BCUT2D eigenvalue weighted by molar-refractivity contribution is 5.40. The van der Waals surface area contributed by atoms with Crippen LogP contribution in [-0.2, 0) is 12.8 Å². The Labute approximate surface area is 122 Å². The summed E-state index contributed by atoms with van der Waals surface area (Å²) in [7, 11) is 1.75. The van der Waals surface area contributed by atoms with Gasteiger partial charge in [-0.3, -0.25) is 0 Å². The highest BCUT2D eigenvalue weighted by Crippen LogP contribution is 2.23. The zero-order valence-electron chi connectivity index (χ0n) is 13.2. The topological polar surface area (TPSA) is 9.23 Å². The van der Waals surface area contributed by atoms with E-state index in [0.717, 1.165) is 18.6 Å². The monoisotopic (exact) mass is 268 g/mol. The minimum Gasteiger partial charge on any atom is -0.496 e. The fourth-order valence-electron chi connectivity index (χ4n) is 2.76. The number of rotatable bonds is 4. The molecule has 0 aliphatic carbocycles. The van der Waals surface area contributed by atoms with E-state index in [1.54, 1.807) is 7.11 Å². The Morgan fingerprint density at radius 1 is 0.800 bits per heavy atom. The SMILES string of the molecule is COc1ccc(C)cc1CCc1cc(C)cc(C)c1C. The largest absolute Gasteiger partial charge is 0.496 e. The van der Waals surface area contributed by atoms with Gasteiger partial charge >= 0.3 is 0 Å². The average molecular weight is 268 g/mol. The maximum atomic E-state index is 5.47. The van der Waals surface area contributed by atoms with Gasteiger partial charge in [-0.15, -0.1) is 0 Å². The zero-order chi connectivity index (χ0) is 14.7. The highest BCUT2D eigenvalue weighted by atomic mass is 16.5. The van der Waals surface area contributed by atoms with Crippen molar-refractivity contribution in [3.63, 3.8) is 0 Å². The van der Waals surface area contributed by atoms with Crippen LogP contribution in [0, 0.1) is 27.7 Å². The number of ether oxygens (including phenoxy) is 1. The van der Waals surface area contributed by atoms with Crippen LogP contribution in [0.5, 0.6) is 5.75 Å². The molecule has 0 aliphatic heterocycles. The van der Waals surface area contributed by atoms with E-state index in [-0.39, 0.29) is 0 Å². The number of hydrogen-bond donors (Lipinski definition) is 0. The van der Waals surface area contributed by atoms with E-state index in [0.29, 0.717) is 0 Å². The third-order valence-electron chi connectivity index (χ3n) is 4.02. The molecule has 2 rings (SSSR count). The molecule has 0 amide bonds. The van der Waals surface area contributed by atoms with Crippen LogP contribution in [0.4, 0.5) is 0 Å². The molecule has 0 fully saturated rings. The molecule has 0 radical (unpaired) electrons. The van der Waals surface area contributed by atoms with Crippen LogP contribution in [0.2, 0.25) is 0 Å². The van der Waals surface area contributed by atoms with E-state index in [2.05, 4.69) is 58.0 Å². The quantitative estimate of drug-likeness (QED) is 0.780. The molecule has 0 bridgehead atoms. The molecular formula is C19H24O. The van der Waals surface area contributed by atoms with E-state index in [4.69, 9.17) is 4.74 Å². The van der Waals surface area contributed by atoms with Crippen LogP contribution < -0.4 is 4.74 Å². The maximum Gasteiger partial charge on any atom is 0.122 e. The van der Waals surface area contributed by atoms with Crippen molar-refractivity contribution < 1.29 is 4.74 Å². The summed E-state index contributed by atoms with van der Waals surface area (Å²) in [6.07, 6.45) is 2.09. The molecule has 0 aromatic heterocycles. The van der Waals surface area contributed by atoms with Crippen molar-refractivity contribution in [3.05, 3.63) is 63.7 Å². The van der Waals surface area contributed by atoms with Crippen molar-refractivity contribution >= 4 is 0 Å². The molecule has 0 heterocycles. The Morgan fingerprint density at radius 3 is 2.15 bits per heavy atom. The minimum absolute atomic E-state index is 0.998. The number of methoxy groups -OCH3 is 1. The Balaban J connectivity index is 2.23. The van der Waals surface area contributed by atoms with Gasteiger partial charge in [0.15, 0.2) is 0 Å². The smallest absolute Gasteiger partial charge is 0.122 e. The van der Waals surface area contributed by atoms with Crippen molar-refractivity contribution in [2.45, 2.75) is 40.5 Å². The molecule has 20 heavy (non-hydrogen) atoms. The molecule has 0 saturated carbocycles. The number of benzene rings is 2. The predicted octanol–water partition coefficient (Wildman–Crippen LogP) is 4.71. The van der Waals surface area contributed by atoms with Crippen LogP contribution in [0.25, 0.3) is 0 Å². The van der Waals surface area contributed by atoms with Gasteiger partial charge in [-0.2, -0.15) is 0 Å². The first kappa shape index (κ1) is 14.6. The second kappa shape index (κ2) is 6.13. The fourth-order valence-corrected chi connectivity index (χ4v) is 2.76. The second-order valence-corrected chi connectivity index (χ2v) is 5.68. The summed E-state index contributed by atoms with van der Waals surface area (Å²) < 4.78 is 5.47. The van der Waals surface area contributed by atoms with Gasteiger partial charge in [0.1, 0.15) is 5.75 Å². The maximum absolute atomic E-state index is 5.47. The molecule has 0 aliphatic rings. The van der Waals surface area contributed by atoms with Gasteiger partial charge in [0.25, 0.3) is 0 Å². The van der Waals surface area contributed by atoms with Crippen LogP contribution in [-0.4, -0.2) is 7.11 Å². The average Bonchev–Trinajstić information content (AvgIpc) is 2.41. The van der Waals surface area contributed by atoms with Crippen molar-refractivity contribution in [1.82, 2.24) is 0 Å². The number of aryl methyl sites for hydroxylation is 5. The summed E-state index contributed by atoms with van der Waals surface area (Å²) in [6, 6.07) is 11.0. The molecule has 1 heteroatoms. The van der Waals surface area contributed by atoms with Gasteiger partial charge in [0.2, 0.25) is 0 Å². The summed E-state index contributed by atoms with van der Waals surface area (Å²) in [5.74, 6) is 0.998. The van der Waals surface area contributed by atoms with Crippen LogP contribution in [0.3, 0.4) is 0 Å². The third-order valence-corrected chi connectivity index (χ3v) is 4.02. The van der Waals surface area contributed by atoms with E-state index in [1.165, 1.54) is 33.4 Å². The molecule has 0 N–H and O–H groups in total. The number of hydrogen-bond acceptors (Lipinski definition) is 1. The molecular weight excluding hydrogens is 244 g/mol. The lowest BCUT2D eigenvalue weighted by atomic mass is 9.95. The van der Waals surface area contributed by atoms with Gasteiger partial charge in [-0.05, 0) is 68.9 Å². The molecule has 2 aromatic rings. The van der Waals surface area contributed by atoms with Crippen LogP contribution >= 0.6 is 0 Å². The molecule has 2 aromatic carbocycles. The normalized spacial score (nSPS) is 10.7. The summed E-state index contributed by atoms with van der Waals surface area (Å²) >= 11 is 0. The molecule has 0 saturated heterocycles. The van der Waals surface area contributed by atoms with E-state index < -0.39 is 0 Å². The molecule has 0 unspecified atom stereocenters. The van der Waals surface area contributed by atoms with Crippen LogP contribution in [0.1, 0.15) is 33.4 Å². The van der Waals surface area contributed by atoms with Crippen molar-refractivity contribution in [2.24, 2.45) is 0 Å². The molecule has 0 atom stereocenters. The van der Waals surface area contributed by atoms with Crippen molar-refractivity contribution in [3.8, 4) is 5.75 Å². The Bertz CT molecular complexity index is 611. The fraction of sp³-hybridized carbons (Fsp3) is 0.368. The van der Waals surface area contributed by atoms with Gasteiger partial charge in [0.05, 0.1) is 7.11 Å². The Kier molecular flexibility index (Phi) is 4.49. The lowest BCUT2D eigenvalue weighted by Gasteiger charge is -2.13. The summed E-state index contributed by atoms with van der Waals surface area (Å²) in [6.45, 7) is 8.71. The van der Waals surface area contributed by atoms with Crippen molar-refractivity contribution in [2.75, 3.05) is 7.11 Å². The Morgan fingerprint density at radius 2 is 1.45 bits per heavy atom. The van der Waals surface area contributed by atoms with Gasteiger partial charge in [-0.25, -0.2) is 0 Å². The van der Waals surface area contributed by atoms with E-state index >= 15 is 0 Å². The molecule has 0 spiro atoms. The minimum atomic E-state index is 0.998. The third kappa shape index (κ3) is 3.22. The summed E-state index contributed by atoms with van der Waals surface area (Å²) in [4.78, 5) is 0. The summed E-state index contributed by atoms with van der Waals surface area (Å²) in [5, 5.41) is 0. The predicted molar refractivity (Wildman–Crippen MR) is 85.8 cm³/mol. The van der Waals surface area contributed by atoms with E-state index in [1.807, 2.05) is 0 Å². The first-order valence-electron chi connectivity index (χ1n) is 7.21. The van der Waals surface area contributed by atoms with Gasteiger partial charge < -0.3 is 4.74 Å². The van der Waals surface area contributed by atoms with Crippen molar-refractivity contribution in [1.29, 1.82) is 0 Å². The van der Waals surface area contributed by atoms with Gasteiger partial charge in [0, 0.05) is 0 Å². The molecule has 106 valence electrons. The lowest BCUT2D eigenvalue weighted by molar-refractivity contribution is 0.409. The van der Waals surface area contributed by atoms with Gasteiger partial charge in [-0.1, -0.05) is 35.4 Å². The summed E-state index contributed by atoms with van der Waals surface area (Å²) in [5.41, 5.74) is 8.19. The second-order valence-electron chi connectivity index (χ2n) is 5.68. The van der Waals surface area contributed by atoms with Crippen LogP contribution in [0.15, 0.2) is 30.3 Å². The lowest BCUT2D eigenvalue weighted by Crippen LogP contribution is -1.99. The highest BCUT2D eigenvalue weighted by Gasteiger charge is 2.07.